The van der Waals surface area contributed by atoms with E-state index in [9.17, 15) is 9.59 Å². The molecule has 0 saturated carbocycles. The van der Waals surface area contributed by atoms with Crippen LogP contribution in [0.4, 0.5) is 4.79 Å². The van der Waals surface area contributed by atoms with Crippen molar-refractivity contribution < 1.29 is 9.59 Å². The summed E-state index contributed by atoms with van der Waals surface area (Å²) in [6.07, 6.45) is 1.84. The van der Waals surface area contributed by atoms with Crippen LogP contribution in [0.2, 0.25) is 0 Å². The van der Waals surface area contributed by atoms with Crippen molar-refractivity contribution in [2.24, 2.45) is 0 Å². The molecule has 132 valence electrons. The zero-order valence-corrected chi connectivity index (χ0v) is 16.4. The van der Waals surface area contributed by atoms with E-state index in [1.807, 2.05) is 36.0 Å². The van der Waals surface area contributed by atoms with Gasteiger partial charge in [-0.1, -0.05) is 0 Å². The van der Waals surface area contributed by atoms with Crippen LogP contribution in [0.25, 0.3) is 0 Å². The molecule has 3 heterocycles. The molecule has 1 aromatic heterocycles. The van der Waals surface area contributed by atoms with E-state index >= 15 is 0 Å². The van der Waals surface area contributed by atoms with Crippen LogP contribution in [0.15, 0.2) is 15.9 Å². The molecule has 3 amide bonds. The molecule has 2 aliphatic rings. The van der Waals surface area contributed by atoms with Gasteiger partial charge in [-0.05, 0) is 47.4 Å². The van der Waals surface area contributed by atoms with Crippen molar-refractivity contribution in [3.8, 4) is 0 Å². The molecule has 2 fully saturated rings. The van der Waals surface area contributed by atoms with Crippen molar-refractivity contribution in [1.82, 2.24) is 20.0 Å². The molecule has 2 saturated heterocycles. The number of carbonyl (C=O) groups excluding carboxylic acids is 2. The highest BCUT2D eigenvalue weighted by Gasteiger charge is 2.34. The smallest absolute Gasteiger partial charge is 0.320 e. The van der Waals surface area contributed by atoms with Gasteiger partial charge in [0.15, 0.2) is 0 Å². The number of hydrogen-bond acceptors (Lipinski definition) is 4. The van der Waals surface area contributed by atoms with Gasteiger partial charge >= 0.3 is 6.03 Å². The lowest BCUT2D eigenvalue weighted by Crippen LogP contribution is -2.47. The van der Waals surface area contributed by atoms with Gasteiger partial charge in [0.2, 0.25) is 0 Å². The molecule has 2 atom stereocenters. The third-order valence-corrected chi connectivity index (χ3v) is 6.58. The molecular weight excluding hydrogens is 392 g/mol. The number of halogens is 1. The summed E-state index contributed by atoms with van der Waals surface area (Å²) in [6.45, 7) is 3.15. The van der Waals surface area contributed by atoms with Gasteiger partial charge in [-0.2, -0.15) is 0 Å². The molecule has 0 bridgehead atoms. The Bertz CT molecular complexity index is 617. The molecular formula is C16H23BrN4O2S. The second kappa shape index (κ2) is 7.41. The number of amides is 3. The summed E-state index contributed by atoms with van der Waals surface area (Å²) in [5, 5.41) is 3.29. The van der Waals surface area contributed by atoms with Crippen LogP contribution in [0.1, 0.15) is 22.5 Å². The van der Waals surface area contributed by atoms with Crippen molar-refractivity contribution in [1.29, 1.82) is 0 Å². The largest absolute Gasteiger partial charge is 0.336 e. The lowest BCUT2D eigenvalue weighted by molar-refractivity contribution is 0.0739. The third kappa shape index (κ3) is 3.60. The molecule has 0 aliphatic carbocycles. The van der Waals surface area contributed by atoms with E-state index in [1.165, 1.54) is 11.3 Å². The Balaban J connectivity index is 1.58. The summed E-state index contributed by atoms with van der Waals surface area (Å²) in [4.78, 5) is 31.4. The Labute approximate surface area is 154 Å². The molecule has 8 heteroatoms. The Morgan fingerprint density at radius 2 is 2.04 bits per heavy atom. The summed E-state index contributed by atoms with van der Waals surface area (Å²) in [5.74, 6) is 0.0262. The van der Waals surface area contributed by atoms with Crippen LogP contribution in [-0.2, 0) is 0 Å². The molecule has 3 rings (SSSR count). The molecule has 0 spiro atoms. The zero-order chi connectivity index (χ0) is 17.3. The molecule has 2 aliphatic heterocycles. The molecule has 6 nitrogen and oxygen atoms in total. The Morgan fingerprint density at radius 3 is 2.67 bits per heavy atom. The average molecular weight is 415 g/mol. The maximum Gasteiger partial charge on any atom is 0.320 e. The Kier molecular flexibility index (Phi) is 5.46. The Morgan fingerprint density at radius 1 is 1.25 bits per heavy atom. The van der Waals surface area contributed by atoms with Gasteiger partial charge in [-0.15, -0.1) is 11.3 Å². The monoisotopic (exact) mass is 414 g/mol. The fourth-order valence-electron chi connectivity index (χ4n) is 3.35. The predicted molar refractivity (Wildman–Crippen MR) is 98.5 cm³/mol. The third-order valence-electron chi connectivity index (χ3n) is 4.97. The van der Waals surface area contributed by atoms with Crippen molar-refractivity contribution in [2.75, 3.05) is 40.3 Å². The minimum atomic E-state index is 0.0262. The summed E-state index contributed by atoms with van der Waals surface area (Å²) >= 11 is 4.84. The maximum absolute atomic E-state index is 12.7. The molecule has 0 radical (unpaired) electrons. The summed E-state index contributed by atoms with van der Waals surface area (Å²) in [7, 11) is 3.71. The van der Waals surface area contributed by atoms with Crippen molar-refractivity contribution in [3.63, 3.8) is 0 Å². The quantitative estimate of drug-likeness (QED) is 0.823. The van der Waals surface area contributed by atoms with E-state index in [0.717, 1.165) is 34.6 Å². The van der Waals surface area contributed by atoms with Crippen LogP contribution in [-0.4, -0.2) is 79.0 Å². The van der Waals surface area contributed by atoms with Crippen LogP contribution in [0, 0.1) is 0 Å². The van der Waals surface area contributed by atoms with Gasteiger partial charge in [0.05, 0.1) is 14.7 Å². The second-order valence-electron chi connectivity index (χ2n) is 6.45. The molecule has 24 heavy (non-hydrogen) atoms. The van der Waals surface area contributed by atoms with Crippen molar-refractivity contribution in [3.05, 3.63) is 20.8 Å². The number of urea groups is 1. The summed E-state index contributed by atoms with van der Waals surface area (Å²) in [5.41, 5.74) is 0. The number of nitrogens with one attached hydrogen (secondary N) is 1. The lowest BCUT2D eigenvalue weighted by atomic mass is 10.2. The molecule has 1 N–H and O–H groups in total. The van der Waals surface area contributed by atoms with Crippen molar-refractivity contribution >= 4 is 39.2 Å². The number of likely N-dealkylation sites (tertiary alicyclic amines) is 1. The minimum Gasteiger partial charge on any atom is -0.336 e. The van der Waals surface area contributed by atoms with E-state index in [0.29, 0.717) is 13.1 Å². The number of likely N-dealkylation sites (N-methyl/N-ethyl adjacent to an activating group) is 2. The average Bonchev–Trinajstić information content (AvgIpc) is 3.32. The number of rotatable bonds is 3. The van der Waals surface area contributed by atoms with Crippen LogP contribution in [0.3, 0.4) is 0 Å². The standard InChI is InChI=1S/C16H23BrN4O2S/c1-19(15(22)13-3-4-14(17)24-13)12-6-8-21(10-12)16(23)20(2)11-5-7-18-9-11/h3-4,11-12,18H,5-10H2,1-2H3/t11-,12+/m1/s1. The number of thiophene rings is 1. The summed E-state index contributed by atoms with van der Waals surface area (Å²) < 4.78 is 0.953. The van der Waals surface area contributed by atoms with Crippen molar-refractivity contribution in [2.45, 2.75) is 24.9 Å². The highest BCUT2D eigenvalue weighted by molar-refractivity contribution is 9.11. The normalized spacial score (nSPS) is 23.5. The SMILES string of the molecule is CN(C(=O)c1ccc(Br)s1)[C@H]1CCN(C(=O)N(C)[C@@H]2CCNC2)C1. The van der Waals surface area contributed by atoms with Gasteiger partial charge < -0.3 is 20.0 Å². The van der Waals surface area contributed by atoms with Gasteiger partial charge in [0, 0.05) is 39.8 Å². The van der Waals surface area contributed by atoms with Gasteiger partial charge in [-0.3, -0.25) is 4.79 Å². The molecule has 1 aromatic rings. The van der Waals surface area contributed by atoms with E-state index in [4.69, 9.17) is 0 Å². The predicted octanol–water partition coefficient (Wildman–Crippen LogP) is 2.07. The minimum absolute atomic E-state index is 0.0262. The van der Waals surface area contributed by atoms with Gasteiger partial charge in [0.25, 0.3) is 5.91 Å². The van der Waals surface area contributed by atoms with Crippen LogP contribution < -0.4 is 5.32 Å². The molecule has 0 aromatic carbocycles. The summed E-state index contributed by atoms with van der Waals surface area (Å²) in [6, 6.07) is 4.16. The van der Waals surface area contributed by atoms with Crippen LogP contribution in [0.5, 0.6) is 0 Å². The Hall–Kier alpha value is -1.12. The highest BCUT2D eigenvalue weighted by atomic mass is 79.9. The number of nitrogens with zero attached hydrogens (tertiary/aromatic N) is 3. The van der Waals surface area contributed by atoms with Gasteiger partial charge in [0.1, 0.15) is 0 Å². The van der Waals surface area contributed by atoms with E-state index in [2.05, 4.69) is 21.2 Å². The fourth-order valence-corrected chi connectivity index (χ4v) is 4.72. The zero-order valence-electron chi connectivity index (χ0n) is 14.0. The molecule has 0 unspecified atom stereocenters. The maximum atomic E-state index is 12.7. The van der Waals surface area contributed by atoms with E-state index in [1.54, 1.807) is 4.90 Å². The van der Waals surface area contributed by atoms with Gasteiger partial charge in [-0.25, -0.2) is 4.79 Å². The first kappa shape index (κ1) is 17.7. The van der Waals surface area contributed by atoms with E-state index in [-0.39, 0.29) is 24.0 Å². The van der Waals surface area contributed by atoms with Crippen LogP contribution >= 0.6 is 27.3 Å². The fraction of sp³-hybridized carbons (Fsp3) is 0.625. The first-order chi connectivity index (χ1) is 11.5. The topological polar surface area (TPSA) is 55.9 Å². The first-order valence-corrected chi connectivity index (χ1v) is 9.83. The van der Waals surface area contributed by atoms with E-state index < -0.39 is 0 Å². The number of carbonyl (C=O) groups is 2. The highest BCUT2D eigenvalue weighted by Crippen LogP contribution is 2.25. The lowest BCUT2D eigenvalue weighted by Gasteiger charge is -2.30. The number of hydrogen-bond donors (Lipinski definition) is 1. The first-order valence-electron chi connectivity index (χ1n) is 8.22. The second-order valence-corrected chi connectivity index (χ2v) is 8.91.